The minimum Gasteiger partial charge on any atom is -0.480 e. The fraction of sp³-hybridized carbons (Fsp3) is 0.438. The monoisotopic (exact) mass is 304 g/mol. The number of benzene rings is 1. The van der Waals surface area contributed by atoms with Gasteiger partial charge in [-0.3, -0.25) is 9.59 Å². The number of hydrogen-bond acceptors (Lipinski definition) is 3. The largest absolute Gasteiger partial charge is 0.480 e. The summed E-state index contributed by atoms with van der Waals surface area (Å²) in [6.45, 7) is 2.16. The molecule has 0 radical (unpaired) electrons. The van der Waals surface area contributed by atoms with Gasteiger partial charge in [0.1, 0.15) is 6.04 Å². The minimum atomic E-state index is -1.05. The van der Waals surface area contributed by atoms with Crippen LogP contribution in [0.15, 0.2) is 24.3 Å². The van der Waals surface area contributed by atoms with Gasteiger partial charge in [0.15, 0.2) is 0 Å². The highest BCUT2D eigenvalue weighted by Crippen LogP contribution is 2.21. The Balaban J connectivity index is 2.13. The maximum Gasteiger partial charge on any atom is 0.326 e. The SMILES string of the molecule is C[C@H](C(=O)O)N(C)C(=O)c1ccc(N2CCCCC2=O)cc1. The summed E-state index contributed by atoms with van der Waals surface area (Å²) in [5.74, 6) is -1.31. The van der Waals surface area contributed by atoms with E-state index in [2.05, 4.69) is 0 Å². The highest BCUT2D eigenvalue weighted by molar-refractivity contribution is 5.98. The second kappa shape index (κ2) is 6.60. The quantitative estimate of drug-likeness (QED) is 0.919. The standard InChI is InChI=1S/C16H20N2O4/c1-11(16(21)22)17(2)15(20)12-6-8-13(9-7-12)18-10-4-3-5-14(18)19/h6-9,11H,3-5,10H2,1-2H3,(H,21,22)/t11-/m1/s1. The number of amides is 2. The van der Waals surface area contributed by atoms with Gasteiger partial charge in [-0.25, -0.2) is 4.79 Å². The Morgan fingerprint density at radius 3 is 2.41 bits per heavy atom. The molecule has 22 heavy (non-hydrogen) atoms. The van der Waals surface area contributed by atoms with Crippen molar-refractivity contribution in [1.82, 2.24) is 4.90 Å². The summed E-state index contributed by atoms with van der Waals surface area (Å²) in [7, 11) is 1.46. The van der Waals surface area contributed by atoms with Crippen LogP contribution in [-0.2, 0) is 9.59 Å². The molecule has 1 aromatic carbocycles. The van der Waals surface area contributed by atoms with E-state index in [0.717, 1.165) is 18.5 Å². The van der Waals surface area contributed by atoms with E-state index in [4.69, 9.17) is 5.11 Å². The third-order valence-electron chi connectivity index (χ3n) is 4.01. The van der Waals surface area contributed by atoms with Crippen LogP contribution in [0.1, 0.15) is 36.5 Å². The summed E-state index contributed by atoms with van der Waals surface area (Å²) < 4.78 is 0. The number of rotatable bonds is 4. The van der Waals surface area contributed by atoms with Crippen molar-refractivity contribution in [3.05, 3.63) is 29.8 Å². The molecular formula is C16H20N2O4. The summed E-state index contributed by atoms with van der Waals surface area (Å²) in [4.78, 5) is 37.9. The van der Waals surface area contributed by atoms with Gasteiger partial charge in [-0.15, -0.1) is 0 Å². The molecule has 1 fully saturated rings. The zero-order chi connectivity index (χ0) is 16.3. The van der Waals surface area contributed by atoms with E-state index in [9.17, 15) is 14.4 Å². The summed E-state index contributed by atoms with van der Waals surface area (Å²) >= 11 is 0. The zero-order valence-corrected chi connectivity index (χ0v) is 12.8. The number of hydrogen-bond donors (Lipinski definition) is 1. The van der Waals surface area contributed by atoms with Crippen LogP contribution < -0.4 is 4.90 Å². The minimum absolute atomic E-state index is 0.0990. The highest BCUT2D eigenvalue weighted by Gasteiger charge is 2.23. The van der Waals surface area contributed by atoms with Crippen LogP contribution in [-0.4, -0.2) is 47.4 Å². The highest BCUT2D eigenvalue weighted by atomic mass is 16.4. The molecule has 1 atom stereocenters. The van der Waals surface area contributed by atoms with Crippen LogP contribution in [0.4, 0.5) is 5.69 Å². The van der Waals surface area contributed by atoms with E-state index >= 15 is 0 Å². The Bertz CT molecular complexity index is 582. The van der Waals surface area contributed by atoms with Crippen molar-refractivity contribution in [1.29, 1.82) is 0 Å². The molecule has 0 unspecified atom stereocenters. The fourth-order valence-electron chi connectivity index (χ4n) is 2.41. The van der Waals surface area contributed by atoms with Crippen molar-refractivity contribution in [2.75, 3.05) is 18.5 Å². The van der Waals surface area contributed by atoms with Crippen molar-refractivity contribution in [2.45, 2.75) is 32.2 Å². The summed E-state index contributed by atoms with van der Waals surface area (Å²) in [5, 5.41) is 8.95. The van der Waals surface area contributed by atoms with E-state index in [1.165, 1.54) is 18.9 Å². The normalized spacial score (nSPS) is 16.3. The molecular weight excluding hydrogens is 284 g/mol. The molecule has 0 bridgehead atoms. The Kier molecular flexibility index (Phi) is 4.80. The number of carbonyl (C=O) groups excluding carboxylic acids is 2. The molecule has 1 heterocycles. The topological polar surface area (TPSA) is 77.9 Å². The molecule has 0 aromatic heterocycles. The fourth-order valence-corrected chi connectivity index (χ4v) is 2.41. The number of piperidine rings is 1. The first kappa shape index (κ1) is 16.0. The average molecular weight is 304 g/mol. The van der Waals surface area contributed by atoms with Crippen molar-refractivity contribution in [3.8, 4) is 0 Å². The maximum atomic E-state index is 12.2. The third-order valence-corrected chi connectivity index (χ3v) is 4.01. The van der Waals surface area contributed by atoms with Crippen molar-refractivity contribution < 1.29 is 19.5 Å². The number of likely N-dealkylation sites (N-methyl/N-ethyl adjacent to an activating group) is 1. The third kappa shape index (κ3) is 3.27. The Morgan fingerprint density at radius 2 is 1.86 bits per heavy atom. The number of carboxylic acids is 1. The van der Waals surface area contributed by atoms with Crippen LogP contribution in [0.3, 0.4) is 0 Å². The smallest absolute Gasteiger partial charge is 0.326 e. The molecule has 0 saturated carbocycles. The lowest BCUT2D eigenvalue weighted by molar-refractivity contribution is -0.141. The molecule has 2 amide bonds. The second-order valence-electron chi connectivity index (χ2n) is 5.48. The molecule has 118 valence electrons. The van der Waals surface area contributed by atoms with E-state index < -0.39 is 12.0 Å². The van der Waals surface area contributed by atoms with Crippen LogP contribution >= 0.6 is 0 Å². The van der Waals surface area contributed by atoms with E-state index in [-0.39, 0.29) is 11.8 Å². The molecule has 1 aliphatic rings. The van der Waals surface area contributed by atoms with Gasteiger partial charge >= 0.3 is 5.97 Å². The first-order chi connectivity index (χ1) is 10.4. The van der Waals surface area contributed by atoms with Crippen molar-refractivity contribution >= 4 is 23.5 Å². The molecule has 0 aliphatic carbocycles. The molecule has 1 aliphatic heterocycles. The van der Waals surface area contributed by atoms with Gasteiger partial charge in [0.2, 0.25) is 5.91 Å². The molecule has 1 aromatic rings. The van der Waals surface area contributed by atoms with Crippen LogP contribution in [0, 0.1) is 0 Å². The van der Waals surface area contributed by atoms with E-state index in [1.807, 2.05) is 0 Å². The predicted molar refractivity (Wildman–Crippen MR) is 81.8 cm³/mol. The van der Waals surface area contributed by atoms with Gasteiger partial charge < -0.3 is 14.9 Å². The lowest BCUT2D eigenvalue weighted by atomic mass is 10.1. The molecule has 6 nitrogen and oxygen atoms in total. The summed E-state index contributed by atoms with van der Waals surface area (Å²) in [6, 6.07) is 5.83. The Labute approximate surface area is 129 Å². The molecule has 1 N–H and O–H groups in total. The van der Waals surface area contributed by atoms with E-state index in [1.54, 1.807) is 29.2 Å². The Morgan fingerprint density at radius 1 is 1.23 bits per heavy atom. The first-order valence-corrected chi connectivity index (χ1v) is 7.32. The number of carboxylic acid groups (broad SMARTS) is 1. The molecule has 2 rings (SSSR count). The van der Waals surface area contributed by atoms with Gasteiger partial charge in [0, 0.05) is 31.3 Å². The average Bonchev–Trinajstić information content (AvgIpc) is 2.53. The predicted octanol–water partition coefficient (Wildman–Crippen LogP) is 1.75. The molecule has 0 spiro atoms. The summed E-state index contributed by atoms with van der Waals surface area (Å²) in [5.41, 5.74) is 1.18. The van der Waals surface area contributed by atoms with Gasteiger partial charge in [-0.2, -0.15) is 0 Å². The van der Waals surface area contributed by atoms with Gasteiger partial charge in [0.05, 0.1) is 0 Å². The molecule has 1 saturated heterocycles. The van der Waals surface area contributed by atoms with Gasteiger partial charge in [-0.1, -0.05) is 0 Å². The van der Waals surface area contributed by atoms with Crippen molar-refractivity contribution in [3.63, 3.8) is 0 Å². The lowest BCUT2D eigenvalue weighted by Crippen LogP contribution is -2.40. The van der Waals surface area contributed by atoms with Crippen LogP contribution in [0.5, 0.6) is 0 Å². The first-order valence-electron chi connectivity index (χ1n) is 7.32. The van der Waals surface area contributed by atoms with Gasteiger partial charge in [-0.05, 0) is 44.0 Å². The number of aliphatic carboxylic acids is 1. The maximum absolute atomic E-state index is 12.2. The molecule has 6 heteroatoms. The van der Waals surface area contributed by atoms with Gasteiger partial charge in [0.25, 0.3) is 5.91 Å². The zero-order valence-electron chi connectivity index (χ0n) is 12.8. The van der Waals surface area contributed by atoms with Crippen LogP contribution in [0.2, 0.25) is 0 Å². The second-order valence-corrected chi connectivity index (χ2v) is 5.48. The van der Waals surface area contributed by atoms with Crippen molar-refractivity contribution in [2.24, 2.45) is 0 Å². The number of carbonyl (C=O) groups is 3. The Hall–Kier alpha value is -2.37. The lowest BCUT2D eigenvalue weighted by Gasteiger charge is -2.27. The van der Waals surface area contributed by atoms with E-state index in [0.29, 0.717) is 18.5 Å². The summed E-state index contributed by atoms with van der Waals surface area (Å²) in [6.07, 6.45) is 2.45. The number of anilines is 1. The van der Waals surface area contributed by atoms with Crippen LogP contribution in [0.25, 0.3) is 0 Å². The number of nitrogens with zero attached hydrogens (tertiary/aromatic N) is 2.